The van der Waals surface area contributed by atoms with Crippen molar-refractivity contribution in [2.45, 2.75) is 17.9 Å². The molecule has 0 saturated carbocycles. The molecular formula is C16H17N3O6S2. The molecule has 11 heteroatoms. The fraction of sp³-hybridized carbons (Fsp3) is 0.250. The van der Waals surface area contributed by atoms with Gasteiger partial charge in [0.2, 0.25) is 26.0 Å². The summed E-state index contributed by atoms with van der Waals surface area (Å²) < 4.78 is 57.8. The first-order valence-corrected chi connectivity index (χ1v) is 11.0. The molecule has 1 aliphatic rings. The Kier molecular flexibility index (Phi) is 5.18. The van der Waals surface area contributed by atoms with Gasteiger partial charge < -0.3 is 4.74 Å². The predicted octanol–water partition coefficient (Wildman–Crippen LogP) is 0.635. The number of benzene rings is 1. The maximum Gasteiger partial charge on any atom is 0.244 e. The highest BCUT2D eigenvalue weighted by Gasteiger charge is 2.37. The van der Waals surface area contributed by atoms with E-state index in [1.165, 1.54) is 31.6 Å². The van der Waals surface area contributed by atoms with Crippen LogP contribution in [-0.4, -0.2) is 40.6 Å². The summed E-state index contributed by atoms with van der Waals surface area (Å²) in [7, 11) is -6.54. The van der Waals surface area contributed by atoms with Gasteiger partial charge in [-0.2, -0.15) is 0 Å². The van der Waals surface area contributed by atoms with Gasteiger partial charge in [-0.05, 0) is 35.9 Å². The van der Waals surface area contributed by atoms with Crippen molar-refractivity contribution >= 4 is 31.6 Å². The van der Waals surface area contributed by atoms with Crippen molar-refractivity contribution in [2.75, 3.05) is 17.2 Å². The molecule has 1 fully saturated rings. The summed E-state index contributed by atoms with van der Waals surface area (Å²) in [4.78, 5) is 15.6. The lowest BCUT2D eigenvalue weighted by molar-refractivity contribution is -0.116. The number of amides is 1. The Bertz CT molecular complexity index is 1070. The van der Waals surface area contributed by atoms with Crippen LogP contribution in [0.1, 0.15) is 12.0 Å². The maximum absolute atomic E-state index is 12.7. The van der Waals surface area contributed by atoms with Crippen LogP contribution in [-0.2, 0) is 31.4 Å². The molecular weight excluding hydrogens is 394 g/mol. The van der Waals surface area contributed by atoms with E-state index in [-0.39, 0.29) is 35.1 Å². The molecule has 0 bridgehead atoms. The van der Waals surface area contributed by atoms with Crippen LogP contribution in [0, 0.1) is 0 Å². The van der Waals surface area contributed by atoms with E-state index in [2.05, 4.69) is 9.71 Å². The summed E-state index contributed by atoms with van der Waals surface area (Å²) in [5.74, 6) is -0.876. The number of carbonyl (C=O) groups excluding carboxylic acids is 1. The summed E-state index contributed by atoms with van der Waals surface area (Å²) in [6, 6.07) is 7.09. The van der Waals surface area contributed by atoms with Gasteiger partial charge >= 0.3 is 0 Å². The van der Waals surface area contributed by atoms with Crippen LogP contribution in [0.3, 0.4) is 0 Å². The van der Waals surface area contributed by atoms with Crippen molar-refractivity contribution in [1.82, 2.24) is 9.71 Å². The molecule has 9 nitrogen and oxygen atoms in total. The van der Waals surface area contributed by atoms with Crippen LogP contribution in [0.2, 0.25) is 0 Å². The topological polar surface area (TPSA) is 123 Å². The molecule has 1 aromatic heterocycles. The van der Waals surface area contributed by atoms with E-state index in [0.29, 0.717) is 9.87 Å². The summed E-state index contributed by atoms with van der Waals surface area (Å²) >= 11 is 0. The average molecular weight is 411 g/mol. The van der Waals surface area contributed by atoms with Gasteiger partial charge in [0.15, 0.2) is 0 Å². The van der Waals surface area contributed by atoms with Crippen molar-refractivity contribution in [1.29, 1.82) is 0 Å². The number of pyridine rings is 1. The molecule has 144 valence electrons. The number of methoxy groups -OCH3 is 1. The molecule has 0 unspecified atom stereocenters. The number of ether oxygens (including phenoxy) is 1. The van der Waals surface area contributed by atoms with Crippen LogP contribution in [0.5, 0.6) is 5.75 Å². The van der Waals surface area contributed by atoms with E-state index in [9.17, 15) is 21.6 Å². The number of anilines is 1. The van der Waals surface area contributed by atoms with Crippen LogP contribution < -0.4 is 13.8 Å². The summed E-state index contributed by atoms with van der Waals surface area (Å²) in [5, 5.41) is 0. The second-order valence-corrected chi connectivity index (χ2v) is 9.41. The first-order chi connectivity index (χ1) is 12.7. The summed E-state index contributed by atoms with van der Waals surface area (Å²) in [6.07, 6.45) is 2.93. The van der Waals surface area contributed by atoms with E-state index < -0.39 is 26.0 Å². The molecule has 1 aliphatic heterocycles. The zero-order valence-corrected chi connectivity index (χ0v) is 16.0. The second kappa shape index (κ2) is 7.25. The van der Waals surface area contributed by atoms with Crippen LogP contribution >= 0.6 is 0 Å². The molecule has 0 atom stereocenters. The Morgan fingerprint density at radius 3 is 2.52 bits per heavy atom. The fourth-order valence-electron chi connectivity index (χ4n) is 2.63. The number of sulfonamides is 2. The van der Waals surface area contributed by atoms with Crippen molar-refractivity contribution in [2.24, 2.45) is 0 Å². The molecule has 1 saturated heterocycles. The van der Waals surface area contributed by atoms with Gasteiger partial charge in [0.1, 0.15) is 10.6 Å². The van der Waals surface area contributed by atoms with E-state index >= 15 is 0 Å². The zero-order valence-electron chi connectivity index (χ0n) is 14.3. The lowest BCUT2D eigenvalue weighted by Crippen LogP contribution is -2.30. The van der Waals surface area contributed by atoms with Crippen LogP contribution in [0.4, 0.5) is 5.69 Å². The number of hydrogen-bond acceptors (Lipinski definition) is 7. The average Bonchev–Trinajstić information content (AvgIpc) is 2.93. The van der Waals surface area contributed by atoms with E-state index in [1.54, 1.807) is 12.1 Å². The molecule has 2 aromatic rings. The zero-order chi connectivity index (χ0) is 19.7. The van der Waals surface area contributed by atoms with Crippen molar-refractivity contribution < 1.29 is 26.4 Å². The van der Waals surface area contributed by atoms with Crippen molar-refractivity contribution in [3.8, 4) is 5.75 Å². The van der Waals surface area contributed by atoms with Gasteiger partial charge in [-0.3, -0.25) is 9.78 Å². The minimum absolute atomic E-state index is 0.0131. The smallest absolute Gasteiger partial charge is 0.244 e. The van der Waals surface area contributed by atoms with E-state index in [1.807, 2.05) is 0 Å². The van der Waals surface area contributed by atoms with E-state index in [4.69, 9.17) is 4.74 Å². The van der Waals surface area contributed by atoms with Crippen molar-refractivity contribution in [3.05, 3.63) is 48.3 Å². The largest absolute Gasteiger partial charge is 0.495 e. The molecule has 0 spiro atoms. The molecule has 0 aliphatic carbocycles. The van der Waals surface area contributed by atoms with Crippen molar-refractivity contribution in [3.63, 3.8) is 0 Å². The quantitative estimate of drug-likeness (QED) is 0.740. The van der Waals surface area contributed by atoms with Gasteiger partial charge in [0.25, 0.3) is 0 Å². The van der Waals surface area contributed by atoms with Gasteiger partial charge in [-0.15, -0.1) is 0 Å². The SMILES string of the molecule is COc1ccc(N2C(=O)CCS2(=O)=O)cc1S(=O)(=O)NCc1ccncc1. The predicted molar refractivity (Wildman–Crippen MR) is 97.1 cm³/mol. The summed E-state index contributed by atoms with van der Waals surface area (Å²) in [6.45, 7) is 0.0131. The second-order valence-electron chi connectivity index (χ2n) is 5.74. The highest BCUT2D eigenvalue weighted by Crippen LogP contribution is 2.32. The van der Waals surface area contributed by atoms with E-state index in [0.717, 1.165) is 6.07 Å². The van der Waals surface area contributed by atoms with Crippen LogP contribution in [0.15, 0.2) is 47.6 Å². The molecule has 1 aromatic carbocycles. The third-order valence-corrected chi connectivity index (χ3v) is 7.08. The van der Waals surface area contributed by atoms with Crippen LogP contribution in [0.25, 0.3) is 0 Å². The van der Waals surface area contributed by atoms with Gasteiger partial charge in [0, 0.05) is 25.4 Å². The highest BCUT2D eigenvalue weighted by molar-refractivity contribution is 7.94. The Morgan fingerprint density at radius 2 is 1.93 bits per heavy atom. The fourth-order valence-corrected chi connectivity index (χ4v) is 5.28. The first kappa shape index (κ1) is 19.3. The van der Waals surface area contributed by atoms with Gasteiger partial charge in [-0.25, -0.2) is 25.9 Å². The number of carbonyl (C=O) groups is 1. The number of hydrogen-bond donors (Lipinski definition) is 1. The summed E-state index contributed by atoms with van der Waals surface area (Å²) in [5.41, 5.74) is 0.656. The third-order valence-electron chi connectivity index (χ3n) is 3.97. The Balaban J connectivity index is 1.97. The maximum atomic E-state index is 12.7. The first-order valence-electron chi connectivity index (χ1n) is 7.87. The Hall–Kier alpha value is -2.50. The Labute approximate surface area is 157 Å². The number of nitrogens with one attached hydrogen (secondary N) is 1. The minimum Gasteiger partial charge on any atom is -0.495 e. The third kappa shape index (κ3) is 3.94. The monoisotopic (exact) mass is 411 g/mol. The normalized spacial score (nSPS) is 16.5. The lowest BCUT2D eigenvalue weighted by atomic mass is 10.3. The lowest BCUT2D eigenvalue weighted by Gasteiger charge is -2.18. The number of nitrogens with zero attached hydrogens (tertiary/aromatic N) is 2. The Morgan fingerprint density at radius 1 is 1.22 bits per heavy atom. The highest BCUT2D eigenvalue weighted by atomic mass is 32.2. The number of rotatable bonds is 6. The molecule has 2 heterocycles. The molecule has 1 amide bonds. The number of aromatic nitrogens is 1. The molecule has 0 radical (unpaired) electrons. The molecule has 3 rings (SSSR count). The van der Waals surface area contributed by atoms with Gasteiger partial charge in [0.05, 0.1) is 18.6 Å². The molecule has 27 heavy (non-hydrogen) atoms. The standard InChI is InChI=1S/C16H17N3O6S2/c1-25-14-3-2-13(19-16(20)6-9-26(19,21)22)10-15(14)27(23,24)18-11-12-4-7-17-8-5-12/h2-5,7-8,10,18H,6,9,11H2,1H3. The molecule has 1 N–H and O–H groups in total. The minimum atomic E-state index is -4.04. The van der Waals surface area contributed by atoms with Gasteiger partial charge in [-0.1, -0.05) is 0 Å².